The van der Waals surface area contributed by atoms with Crippen LogP contribution in [-0.2, 0) is 11.2 Å². The Kier molecular flexibility index (Phi) is 3.25. The summed E-state index contributed by atoms with van der Waals surface area (Å²) in [6.07, 6.45) is 2.38. The van der Waals surface area contributed by atoms with Crippen molar-refractivity contribution in [1.29, 1.82) is 0 Å². The summed E-state index contributed by atoms with van der Waals surface area (Å²) >= 11 is 0. The summed E-state index contributed by atoms with van der Waals surface area (Å²) in [6.45, 7) is 0. The maximum atomic E-state index is 11.6. The molecule has 1 unspecified atom stereocenters. The van der Waals surface area contributed by atoms with Gasteiger partial charge in [-0.1, -0.05) is 42.5 Å². The predicted octanol–water partition coefficient (Wildman–Crippen LogP) is 3.58. The molecule has 1 atom stereocenters. The van der Waals surface area contributed by atoms with E-state index in [1.165, 1.54) is 0 Å². The molecule has 0 aliphatic carbocycles. The number of hydrogen-bond donors (Lipinski definition) is 2. The van der Waals surface area contributed by atoms with Crippen LogP contribution in [0.1, 0.15) is 17.0 Å². The van der Waals surface area contributed by atoms with Gasteiger partial charge in [-0.05, 0) is 29.7 Å². The van der Waals surface area contributed by atoms with Crippen LogP contribution in [-0.4, -0.2) is 16.1 Å². The number of H-pyrrole nitrogens is 1. The number of rotatable bonds is 4. The summed E-state index contributed by atoms with van der Waals surface area (Å²) in [6, 6.07) is 17.3. The van der Waals surface area contributed by atoms with E-state index in [0.717, 1.165) is 22.0 Å². The Morgan fingerprint density at radius 1 is 1.05 bits per heavy atom. The van der Waals surface area contributed by atoms with E-state index in [1.54, 1.807) is 0 Å². The van der Waals surface area contributed by atoms with Gasteiger partial charge < -0.3 is 10.1 Å². The van der Waals surface area contributed by atoms with Crippen LogP contribution in [0.2, 0.25) is 0 Å². The van der Waals surface area contributed by atoms with Gasteiger partial charge in [0.1, 0.15) is 0 Å². The summed E-state index contributed by atoms with van der Waals surface area (Å²) in [5, 5.41) is 10.6. The highest BCUT2D eigenvalue weighted by Gasteiger charge is 2.21. The molecule has 0 saturated carbocycles. The van der Waals surface area contributed by atoms with Gasteiger partial charge in [-0.3, -0.25) is 4.79 Å². The number of aromatic amines is 1. The van der Waals surface area contributed by atoms with Gasteiger partial charge >= 0.3 is 5.97 Å². The highest BCUT2D eigenvalue weighted by Crippen LogP contribution is 2.25. The summed E-state index contributed by atoms with van der Waals surface area (Å²) < 4.78 is 0. The first-order valence-corrected chi connectivity index (χ1v) is 6.58. The Morgan fingerprint density at radius 2 is 1.85 bits per heavy atom. The topological polar surface area (TPSA) is 53.1 Å². The van der Waals surface area contributed by atoms with Gasteiger partial charge in [0.05, 0.1) is 5.92 Å². The number of carboxylic acid groups (broad SMARTS) is 1. The van der Waals surface area contributed by atoms with Crippen LogP contribution in [0.3, 0.4) is 0 Å². The Bertz CT molecular complexity index is 731. The first-order valence-electron chi connectivity index (χ1n) is 6.58. The lowest BCUT2D eigenvalue weighted by atomic mass is 9.91. The van der Waals surface area contributed by atoms with Crippen LogP contribution in [0.25, 0.3) is 10.9 Å². The molecule has 0 fully saturated rings. The maximum absolute atomic E-state index is 11.6. The first kappa shape index (κ1) is 12.5. The van der Waals surface area contributed by atoms with E-state index < -0.39 is 11.9 Å². The number of carboxylic acids is 1. The van der Waals surface area contributed by atoms with Crippen molar-refractivity contribution >= 4 is 16.9 Å². The molecule has 0 bridgehead atoms. The van der Waals surface area contributed by atoms with Gasteiger partial charge in [-0.2, -0.15) is 0 Å². The molecule has 3 aromatic rings. The average Bonchev–Trinajstić information content (AvgIpc) is 2.94. The van der Waals surface area contributed by atoms with E-state index in [9.17, 15) is 9.90 Å². The second kappa shape index (κ2) is 5.21. The maximum Gasteiger partial charge on any atom is 0.311 e. The molecule has 0 spiro atoms. The third-order valence-corrected chi connectivity index (χ3v) is 3.61. The molecule has 2 aromatic carbocycles. The van der Waals surface area contributed by atoms with E-state index in [-0.39, 0.29) is 0 Å². The minimum Gasteiger partial charge on any atom is -0.481 e. The van der Waals surface area contributed by atoms with E-state index in [0.29, 0.717) is 6.42 Å². The smallest absolute Gasteiger partial charge is 0.311 e. The Morgan fingerprint density at radius 3 is 2.60 bits per heavy atom. The molecular formula is C17H15NO2. The molecule has 3 nitrogen and oxygen atoms in total. The van der Waals surface area contributed by atoms with E-state index in [2.05, 4.69) is 4.98 Å². The standard InChI is InChI=1S/C17H15NO2/c19-17(20)15(12-5-2-1-3-6-12)11-13-7-4-8-16-14(13)9-10-18-16/h1-10,15,18H,11H2,(H,19,20). The first-order chi connectivity index (χ1) is 9.75. The zero-order chi connectivity index (χ0) is 13.9. The van der Waals surface area contributed by atoms with Gasteiger partial charge in [-0.15, -0.1) is 0 Å². The van der Waals surface area contributed by atoms with Crippen molar-refractivity contribution < 1.29 is 9.90 Å². The third kappa shape index (κ3) is 2.30. The zero-order valence-electron chi connectivity index (χ0n) is 10.9. The summed E-state index contributed by atoms with van der Waals surface area (Å²) in [5.74, 6) is -1.31. The SMILES string of the molecule is O=C(O)C(Cc1cccc2[nH]ccc12)c1ccccc1. The molecule has 3 heteroatoms. The molecule has 1 heterocycles. The third-order valence-electron chi connectivity index (χ3n) is 3.61. The summed E-state index contributed by atoms with van der Waals surface area (Å²) in [7, 11) is 0. The molecule has 3 rings (SSSR count). The van der Waals surface area contributed by atoms with Crippen LogP contribution < -0.4 is 0 Å². The van der Waals surface area contributed by atoms with Crippen molar-refractivity contribution in [1.82, 2.24) is 4.98 Å². The van der Waals surface area contributed by atoms with Crippen LogP contribution in [0.15, 0.2) is 60.8 Å². The van der Waals surface area contributed by atoms with Gasteiger partial charge in [0.25, 0.3) is 0 Å². The molecule has 0 aliphatic heterocycles. The molecule has 20 heavy (non-hydrogen) atoms. The number of fused-ring (bicyclic) bond motifs is 1. The molecule has 0 aliphatic rings. The van der Waals surface area contributed by atoms with Crippen molar-refractivity contribution in [2.75, 3.05) is 0 Å². The Hall–Kier alpha value is -2.55. The fraction of sp³-hybridized carbons (Fsp3) is 0.118. The number of hydrogen-bond acceptors (Lipinski definition) is 1. The predicted molar refractivity (Wildman–Crippen MR) is 78.8 cm³/mol. The molecule has 1 aromatic heterocycles. The minimum atomic E-state index is -0.788. The minimum absolute atomic E-state index is 0.495. The average molecular weight is 265 g/mol. The van der Waals surface area contributed by atoms with Crippen LogP contribution in [0.4, 0.5) is 0 Å². The van der Waals surface area contributed by atoms with Crippen molar-refractivity contribution in [2.24, 2.45) is 0 Å². The second-order valence-corrected chi connectivity index (χ2v) is 4.86. The molecule has 100 valence electrons. The Labute approximate surface area is 116 Å². The zero-order valence-corrected chi connectivity index (χ0v) is 10.9. The normalized spacial score (nSPS) is 12.4. The van der Waals surface area contributed by atoms with Gasteiger partial charge in [0.2, 0.25) is 0 Å². The van der Waals surface area contributed by atoms with E-state index in [1.807, 2.05) is 60.8 Å². The molecule has 0 saturated heterocycles. The highest BCUT2D eigenvalue weighted by atomic mass is 16.4. The van der Waals surface area contributed by atoms with Crippen molar-refractivity contribution in [2.45, 2.75) is 12.3 Å². The van der Waals surface area contributed by atoms with Gasteiger partial charge in [-0.25, -0.2) is 0 Å². The van der Waals surface area contributed by atoms with Gasteiger partial charge in [0.15, 0.2) is 0 Å². The van der Waals surface area contributed by atoms with E-state index in [4.69, 9.17) is 0 Å². The quantitative estimate of drug-likeness (QED) is 0.757. The molecule has 0 amide bonds. The molecular weight excluding hydrogens is 250 g/mol. The lowest BCUT2D eigenvalue weighted by Crippen LogP contribution is -2.14. The van der Waals surface area contributed by atoms with Crippen molar-refractivity contribution in [3.05, 3.63) is 71.9 Å². The highest BCUT2D eigenvalue weighted by molar-refractivity contribution is 5.84. The van der Waals surface area contributed by atoms with E-state index >= 15 is 0 Å². The summed E-state index contributed by atoms with van der Waals surface area (Å²) in [5.41, 5.74) is 2.94. The monoisotopic (exact) mass is 265 g/mol. The van der Waals surface area contributed by atoms with Crippen LogP contribution >= 0.6 is 0 Å². The molecule has 2 N–H and O–H groups in total. The number of aromatic nitrogens is 1. The number of aliphatic carboxylic acids is 1. The van der Waals surface area contributed by atoms with Gasteiger partial charge in [0, 0.05) is 17.1 Å². The van der Waals surface area contributed by atoms with Crippen LogP contribution in [0, 0.1) is 0 Å². The lowest BCUT2D eigenvalue weighted by molar-refractivity contribution is -0.138. The number of nitrogens with one attached hydrogen (secondary N) is 1. The van der Waals surface area contributed by atoms with Crippen LogP contribution in [0.5, 0.6) is 0 Å². The summed E-state index contributed by atoms with van der Waals surface area (Å²) in [4.78, 5) is 14.7. The van der Waals surface area contributed by atoms with Crippen molar-refractivity contribution in [3.63, 3.8) is 0 Å². The number of benzene rings is 2. The van der Waals surface area contributed by atoms with Crippen molar-refractivity contribution in [3.8, 4) is 0 Å². The fourth-order valence-electron chi connectivity index (χ4n) is 2.58. The largest absolute Gasteiger partial charge is 0.481 e. The number of carbonyl (C=O) groups is 1. The second-order valence-electron chi connectivity index (χ2n) is 4.86. The fourth-order valence-corrected chi connectivity index (χ4v) is 2.58. The molecule has 0 radical (unpaired) electrons. The lowest BCUT2D eigenvalue weighted by Gasteiger charge is -2.13. The Balaban J connectivity index is 1.99.